The number of aromatic nitrogens is 2. The molecule has 0 aliphatic rings. The SMILES string of the molecule is CCCc1c(Cl)n(CC(C)C)c(=O)n1Cc1ccc(-c2ccccc2C(=O)O)cc1. The Morgan fingerprint density at radius 2 is 1.73 bits per heavy atom. The van der Waals surface area contributed by atoms with Crippen molar-refractivity contribution in [1.82, 2.24) is 9.13 Å². The summed E-state index contributed by atoms with van der Waals surface area (Å²) in [6.45, 7) is 7.21. The zero-order valence-electron chi connectivity index (χ0n) is 17.6. The van der Waals surface area contributed by atoms with Crippen molar-refractivity contribution in [2.45, 2.75) is 46.7 Å². The summed E-state index contributed by atoms with van der Waals surface area (Å²) in [6.07, 6.45) is 1.64. The lowest BCUT2D eigenvalue weighted by molar-refractivity contribution is 0.0697. The molecule has 30 heavy (non-hydrogen) atoms. The van der Waals surface area contributed by atoms with Gasteiger partial charge in [0.05, 0.1) is 17.8 Å². The number of nitrogens with zero attached hydrogens (tertiary/aromatic N) is 2. The van der Waals surface area contributed by atoms with Gasteiger partial charge in [-0.1, -0.05) is 81.3 Å². The largest absolute Gasteiger partial charge is 0.478 e. The molecular formula is C24H27ClN2O3. The minimum Gasteiger partial charge on any atom is -0.478 e. The van der Waals surface area contributed by atoms with Crippen molar-refractivity contribution < 1.29 is 9.90 Å². The topological polar surface area (TPSA) is 64.2 Å². The third kappa shape index (κ3) is 4.51. The normalized spacial score (nSPS) is 11.2. The molecule has 0 fully saturated rings. The van der Waals surface area contributed by atoms with E-state index in [1.165, 1.54) is 0 Å². The Bertz CT molecular complexity index is 1090. The molecule has 0 spiro atoms. The first-order valence-electron chi connectivity index (χ1n) is 10.2. The Morgan fingerprint density at radius 3 is 2.33 bits per heavy atom. The second kappa shape index (κ2) is 9.35. The van der Waals surface area contributed by atoms with Crippen LogP contribution in [0.3, 0.4) is 0 Å². The molecule has 0 aliphatic heterocycles. The van der Waals surface area contributed by atoms with Crippen molar-refractivity contribution in [2.24, 2.45) is 5.92 Å². The van der Waals surface area contributed by atoms with Gasteiger partial charge in [-0.3, -0.25) is 9.13 Å². The maximum absolute atomic E-state index is 13.0. The minimum absolute atomic E-state index is 0.0857. The first-order chi connectivity index (χ1) is 14.3. The molecule has 3 rings (SSSR count). The standard InChI is InChI=1S/C24H27ClN2O3/c1-4-7-21-22(25)27(14-16(2)3)24(30)26(21)15-17-10-12-18(13-11-17)19-8-5-6-9-20(19)23(28)29/h5-6,8-13,16H,4,7,14-15H2,1-3H3,(H,28,29). The third-order valence-corrected chi connectivity index (χ3v) is 5.48. The smallest absolute Gasteiger partial charge is 0.336 e. The molecule has 1 aromatic heterocycles. The number of benzene rings is 2. The van der Waals surface area contributed by atoms with Crippen molar-refractivity contribution in [3.05, 3.63) is 81.0 Å². The predicted octanol–water partition coefficient (Wildman–Crippen LogP) is 5.33. The summed E-state index contributed by atoms with van der Waals surface area (Å²) < 4.78 is 3.42. The molecule has 0 radical (unpaired) electrons. The van der Waals surface area contributed by atoms with E-state index in [9.17, 15) is 14.7 Å². The second-order valence-corrected chi connectivity index (χ2v) is 8.27. The summed E-state index contributed by atoms with van der Waals surface area (Å²) in [7, 11) is 0. The Balaban J connectivity index is 1.94. The van der Waals surface area contributed by atoms with E-state index in [-0.39, 0.29) is 11.3 Å². The van der Waals surface area contributed by atoms with E-state index >= 15 is 0 Å². The molecular weight excluding hydrogens is 400 g/mol. The van der Waals surface area contributed by atoms with Crippen LogP contribution < -0.4 is 5.69 Å². The van der Waals surface area contributed by atoms with Crippen molar-refractivity contribution in [3.63, 3.8) is 0 Å². The van der Waals surface area contributed by atoms with Gasteiger partial charge in [0.25, 0.3) is 0 Å². The quantitative estimate of drug-likeness (QED) is 0.529. The van der Waals surface area contributed by atoms with Crippen LogP contribution in [-0.4, -0.2) is 20.2 Å². The second-order valence-electron chi connectivity index (χ2n) is 7.91. The summed E-state index contributed by atoms with van der Waals surface area (Å²) in [4.78, 5) is 24.5. The van der Waals surface area contributed by atoms with E-state index in [2.05, 4.69) is 20.8 Å². The van der Waals surface area contributed by atoms with E-state index < -0.39 is 5.97 Å². The lowest BCUT2D eigenvalue weighted by Gasteiger charge is -2.09. The van der Waals surface area contributed by atoms with E-state index in [1.54, 1.807) is 27.3 Å². The molecule has 6 heteroatoms. The minimum atomic E-state index is -0.952. The predicted molar refractivity (Wildman–Crippen MR) is 120 cm³/mol. The third-order valence-electron chi connectivity index (χ3n) is 5.06. The van der Waals surface area contributed by atoms with Gasteiger partial charge in [-0.05, 0) is 35.1 Å². The molecule has 1 heterocycles. The molecule has 5 nitrogen and oxygen atoms in total. The van der Waals surface area contributed by atoms with Crippen LogP contribution in [0.15, 0.2) is 53.3 Å². The van der Waals surface area contributed by atoms with Gasteiger partial charge in [-0.15, -0.1) is 0 Å². The molecule has 0 saturated heterocycles. The number of hydrogen-bond donors (Lipinski definition) is 1. The van der Waals surface area contributed by atoms with Crippen molar-refractivity contribution >= 4 is 17.6 Å². The Hall–Kier alpha value is -2.79. The highest BCUT2D eigenvalue weighted by atomic mass is 35.5. The lowest BCUT2D eigenvalue weighted by atomic mass is 9.99. The molecule has 0 aliphatic carbocycles. The Morgan fingerprint density at radius 1 is 1.07 bits per heavy atom. The van der Waals surface area contributed by atoms with Crippen molar-refractivity contribution in [1.29, 1.82) is 0 Å². The van der Waals surface area contributed by atoms with E-state index in [4.69, 9.17) is 11.6 Å². The first kappa shape index (κ1) is 21.9. The van der Waals surface area contributed by atoms with Crippen molar-refractivity contribution in [2.75, 3.05) is 0 Å². The van der Waals surface area contributed by atoms with Crippen LogP contribution in [-0.2, 0) is 19.5 Å². The Labute approximate surface area is 181 Å². The van der Waals surface area contributed by atoms with Gasteiger partial charge in [0.15, 0.2) is 0 Å². The molecule has 0 saturated carbocycles. The number of imidazole rings is 1. The van der Waals surface area contributed by atoms with Crippen LogP contribution in [0, 0.1) is 5.92 Å². The molecule has 0 unspecified atom stereocenters. The van der Waals surface area contributed by atoms with Gasteiger partial charge in [0.1, 0.15) is 5.15 Å². The highest BCUT2D eigenvalue weighted by Crippen LogP contribution is 2.25. The Kier molecular flexibility index (Phi) is 6.83. The first-order valence-corrected chi connectivity index (χ1v) is 10.6. The monoisotopic (exact) mass is 426 g/mol. The zero-order valence-corrected chi connectivity index (χ0v) is 18.3. The number of aromatic carboxylic acids is 1. The molecule has 0 amide bonds. The van der Waals surface area contributed by atoms with Gasteiger partial charge < -0.3 is 5.11 Å². The maximum Gasteiger partial charge on any atom is 0.336 e. The van der Waals surface area contributed by atoms with Gasteiger partial charge in [0.2, 0.25) is 0 Å². The molecule has 158 valence electrons. The summed E-state index contributed by atoms with van der Waals surface area (Å²) in [5, 5.41) is 9.96. The number of halogens is 1. The molecule has 0 bridgehead atoms. The highest BCUT2D eigenvalue weighted by Gasteiger charge is 2.19. The van der Waals surface area contributed by atoms with Crippen molar-refractivity contribution in [3.8, 4) is 11.1 Å². The molecule has 1 N–H and O–H groups in total. The van der Waals surface area contributed by atoms with Gasteiger partial charge in [0, 0.05) is 6.54 Å². The van der Waals surface area contributed by atoms with E-state index in [0.29, 0.717) is 29.7 Å². The fourth-order valence-electron chi connectivity index (χ4n) is 3.67. The summed E-state index contributed by atoms with van der Waals surface area (Å²) in [5.41, 5.74) is 3.51. The summed E-state index contributed by atoms with van der Waals surface area (Å²) >= 11 is 6.56. The number of rotatable bonds is 8. The van der Waals surface area contributed by atoms with Gasteiger partial charge in [-0.2, -0.15) is 0 Å². The van der Waals surface area contributed by atoms with E-state index in [0.717, 1.165) is 29.7 Å². The molecule has 3 aromatic rings. The maximum atomic E-state index is 13.0. The van der Waals surface area contributed by atoms with Crippen LogP contribution in [0.4, 0.5) is 0 Å². The number of carboxylic acid groups (broad SMARTS) is 1. The van der Waals surface area contributed by atoms with Crippen LogP contribution in [0.5, 0.6) is 0 Å². The summed E-state index contributed by atoms with van der Waals surface area (Å²) in [6, 6.07) is 14.6. The van der Waals surface area contributed by atoms with Crippen LogP contribution in [0.2, 0.25) is 5.15 Å². The van der Waals surface area contributed by atoms with Crippen LogP contribution >= 0.6 is 11.6 Å². The molecule has 2 aromatic carbocycles. The average Bonchev–Trinajstić information content (AvgIpc) is 2.93. The van der Waals surface area contributed by atoms with Crippen LogP contribution in [0.1, 0.15) is 48.8 Å². The average molecular weight is 427 g/mol. The number of carboxylic acids is 1. The van der Waals surface area contributed by atoms with Crippen LogP contribution in [0.25, 0.3) is 11.1 Å². The van der Waals surface area contributed by atoms with E-state index in [1.807, 2.05) is 30.3 Å². The highest BCUT2D eigenvalue weighted by molar-refractivity contribution is 6.30. The lowest BCUT2D eigenvalue weighted by Crippen LogP contribution is -2.27. The fourth-order valence-corrected chi connectivity index (χ4v) is 4.01. The molecule has 0 atom stereocenters. The summed E-state index contributed by atoms with van der Waals surface area (Å²) in [5.74, 6) is -0.634. The number of carbonyl (C=O) groups is 1. The van der Waals surface area contributed by atoms with Gasteiger partial charge >= 0.3 is 11.7 Å². The zero-order chi connectivity index (χ0) is 21.8. The van der Waals surface area contributed by atoms with Gasteiger partial charge in [-0.25, -0.2) is 9.59 Å². The fraction of sp³-hybridized carbons (Fsp3) is 0.333. The number of hydrogen-bond acceptors (Lipinski definition) is 2.